The molecule has 1 aliphatic rings. The Morgan fingerprint density at radius 1 is 1.33 bits per heavy atom. The van der Waals surface area contributed by atoms with Crippen LogP contribution < -0.4 is 5.73 Å². The van der Waals surface area contributed by atoms with Crippen molar-refractivity contribution >= 4 is 28.1 Å². The van der Waals surface area contributed by atoms with Gasteiger partial charge in [0.05, 0.1) is 9.82 Å². The van der Waals surface area contributed by atoms with Crippen LogP contribution in [0, 0.1) is 17.0 Å². The maximum Gasteiger partial charge on any atom is 0.269 e. The quantitative estimate of drug-likeness (QED) is 0.664. The van der Waals surface area contributed by atoms with E-state index in [1.54, 1.807) is 6.92 Å². The van der Waals surface area contributed by atoms with Crippen molar-refractivity contribution < 1.29 is 13.3 Å². The van der Waals surface area contributed by atoms with Crippen LogP contribution in [0.2, 0.25) is 0 Å². The minimum absolute atomic E-state index is 0. The van der Waals surface area contributed by atoms with Gasteiger partial charge in [0.25, 0.3) is 5.69 Å². The van der Waals surface area contributed by atoms with Gasteiger partial charge in [-0.25, -0.2) is 8.42 Å². The summed E-state index contributed by atoms with van der Waals surface area (Å²) in [7, 11) is -3.60. The van der Waals surface area contributed by atoms with Crippen LogP contribution in [0.5, 0.6) is 0 Å². The summed E-state index contributed by atoms with van der Waals surface area (Å²) >= 11 is 0. The van der Waals surface area contributed by atoms with Crippen LogP contribution in [-0.2, 0) is 10.0 Å². The van der Waals surface area contributed by atoms with Crippen LogP contribution in [-0.4, -0.2) is 36.8 Å². The number of nitrogens with two attached hydrogens (primary N) is 1. The minimum Gasteiger partial charge on any atom is -0.328 e. The third-order valence-corrected chi connectivity index (χ3v) is 5.54. The number of nitro benzene ring substituents is 1. The average Bonchev–Trinajstić information content (AvgIpc) is 2.38. The maximum absolute atomic E-state index is 12.5. The summed E-state index contributed by atoms with van der Waals surface area (Å²) in [6, 6.07) is 3.84. The fourth-order valence-corrected chi connectivity index (χ4v) is 3.97. The molecule has 0 aliphatic carbocycles. The van der Waals surface area contributed by atoms with Crippen molar-refractivity contribution in [2.45, 2.75) is 30.7 Å². The molecule has 0 atom stereocenters. The Morgan fingerprint density at radius 3 is 2.38 bits per heavy atom. The number of nitrogens with zero attached hydrogens (tertiary/aromatic N) is 2. The number of hydrogen-bond acceptors (Lipinski definition) is 5. The normalized spacial score (nSPS) is 17.2. The molecule has 0 radical (unpaired) electrons. The lowest BCUT2D eigenvalue weighted by Crippen LogP contribution is -2.42. The summed E-state index contributed by atoms with van der Waals surface area (Å²) in [5, 5.41) is 10.7. The van der Waals surface area contributed by atoms with Crippen molar-refractivity contribution in [1.29, 1.82) is 0 Å². The van der Waals surface area contributed by atoms with Crippen LogP contribution in [0.1, 0.15) is 18.4 Å². The summed E-state index contributed by atoms with van der Waals surface area (Å²) in [5.74, 6) is 0. The van der Waals surface area contributed by atoms with Crippen LogP contribution in [0.25, 0.3) is 0 Å². The molecule has 2 rings (SSSR count). The second-order valence-electron chi connectivity index (χ2n) is 4.95. The molecule has 1 aromatic rings. The second kappa shape index (κ2) is 6.69. The molecule has 1 aromatic carbocycles. The Bertz CT molecular complexity index is 627. The first-order chi connectivity index (χ1) is 9.32. The predicted molar refractivity (Wildman–Crippen MR) is 81.0 cm³/mol. The number of sulfonamides is 1. The van der Waals surface area contributed by atoms with Crippen molar-refractivity contribution in [2.24, 2.45) is 5.73 Å². The van der Waals surface area contributed by atoms with E-state index in [1.165, 1.54) is 22.5 Å². The fraction of sp³-hybridized carbons (Fsp3) is 0.500. The molecule has 21 heavy (non-hydrogen) atoms. The Balaban J connectivity index is 0.00000220. The number of piperidine rings is 1. The van der Waals surface area contributed by atoms with Gasteiger partial charge in [-0.2, -0.15) is 4.31 Å². The van der Waals surface area contributed by atoms with Gasteiger partial charge in [0.1, 0.15) is 0 Å². The third-order valence-electron chi connectivity index (χ3n) is 3.49. The first-order valence-electron chi connectivity index (χ1n) is 6.33. The SMILES string of the molecule is Cc1cc([N+](=O)[O-])ccc1S(=O)(=O)N1CCC(N)CC1.Cl. The monoisotopic (exact) mass is 335 g/mol. The summed E-state index contributed by atoms with van der Waals surface area (Å²) < 4.78 is 26.4. The lowest BCUT2D eigenvalue weighted by molar-refractivity contribution is -0.385. The van der Waals surface area contributed by atoms with E-state index >= 15 is 0 Å². The van der Waals surface area contributed by atoms with Crippen molar-refractivity contribution in [1.82, 2.24) is 4.31 Å². The number of aryl methyl sites for hydroxylation is 1. The van der Waals surface area contributed by atoms with Crippen molar-refractivity contribution in [3.05, 3.63) is 33.9 Å². The number of rotatable bonds is 3. The molecule has 0 amide bonds. The Morgan fingerprint density at radius 2 is 1.90 bits per heavy atom. The summed E-state index contributed by atoms with van der Waals surface area (Å²) in [6.45, 7) is 2.34. The zero-order chi connectivity index (χ0) is 14.9. The van der Waals surface area contributed by atoms with E-state index in [4.69, 9.17) is 5.73 Å². The largest absolute Gasteiger partial charge is 0.328 e. The first-order valence-corrected chi connectivity index (χ1v) is 7.77. The number of non-ortho nitro benzene ring substituents is 1. The number of nitro groups is 1. The minimum atomic E-state index is -3.60. The summed E-state index contributed by atoms with van der Waals surface area (Å²) in [6.07, 6.45) is 1.26. The number of benzene rings is 1. The van der Waals surface area contributed by atoms with Gasteiger partial charge in [0, 0.05) is 31.3 Å². The zero-order valence-corrected chi connectivity index (χ0v) is 13.2. The molecule has 0 spiro atoms. The van der Waals surface area contributed by atoms with E-state index in [9.17, 15) is 18.5 Å². The molecular formula is C12H18ClN3O4S. The Labute approximate surface area is 129 Å². The van der Waals surface area contributed by atoms with Gasteiger partial charge in [-0.15, -0.1) is 12.4 Å². The predicted octanol–water partition coefficient (Wildman–Crippen LogP) is 1.44. The van der Waals surface area contributed by atoms with Gasteiger partial charge in [0.15, 0.2) is 0 Å². The molecule has 118 valence electrons. The van der Waals surface area contributed by atoms with Gasteiger partial charge in [-0.1, -0.05) is 0 Å². The van der Waals surface area contributed by atoms with Crippen molar-refractivity contribution in [3.8, 4) is 0 Å². The van der Waals surface area contributed by atoms with Crippen LogP contribution in [0.4, 0.5) is 5.69 Å². The van der Waals surface area contributed by atoms with Crippen LogP contribution >= 0.6 is 12.4 Å². The van der Waals surface area contributed by atoms with E-state index in [0.717, 1.165) is 0 Å². The van der Waals surface area contributed by atoms with Crippen molar-refractivity contribution in [3.63, 3.8) is 0 Å². The molecule has 1 heterocycles. The summed E-state index contributed by atoms with van der Waals surface area (Å²) in [4.78, 5) is 10.3. The van der Waals surface area contributed by atoms with Gasteiger partial charge in [-0.3, -0.25) is 10.1 Å². The molecule has 0 unspecified atom stereocenters. The van der Waals surface area contributed by atoms with Gasteiger partial charge >= 0.3 is 0 Å². The van der Waals surface area contributed by atoms with Gasteiger partial charge in [0.2, 0.25) is 10.0 Å². The number of halogens is 1. The lowest BCUT2D eigenvalue weighted by atomic mass is 10.1. The molecule has 9 heteroatoms. The van der Waals surface area contributed by atoms with E-state index < -0.39 is 14.9 Å². The smallest absolute Gasteiger partial charge is 0.269 e. The van der Waals surface area contributed by atoms with Gasteiger partial charge < -0.3 is 5.73 Å². The van der Waals surface area contributed by atoms with Crippen LogP contribution in [0.3, 0.4) is 0 Å². The molecule has 1 saturated heterocycles. The fourth-order valence-electron chi connectivity index (χ4n) is 2.29. The van der Waals surface area contributed by atoms with Gasteiger partial charge in [-0.05, 0) is 31.4 Å². The standard InChI is InChI=1S/C12H17N3O4S.ClH/c1-9-8-11(15(16)17)2-3-12(9)20(18,19)14-6-4-10(13)5-7-14;/h2-3,8,10H,4-7,13H2,1H3;1H. The molecule has 1 aliphatic heterocycles. The lowest BCUT2D eigenvalue weighted by Gasteiger charge is -2.29. The molecule has 2 N–H and O–H groups in total. The molecule has 7 nitrogen and oxygen atoms in total. The first kappa shape index (κ1) is 17.8. The van der Waals surface area contributed by atoms with E-state index in [1.807, 2.05) is 0 Å². The highest BCUT2D eigenvalue weighted by molar-refractivity contribution is 7.89. The summed E-state index contributed by atoms with van der Waals surface area (Å²) in [5.41, 5.74) is 6.04. The molecule has 0 aromatic heterocycles. The Hall–Kier alpha value is -1.22. The molecule has 0 saturated carbocycles. The molecule has 0 bridgehead atoms. The van der Waals surface area contributed by atoms with Crippen molar-refractivity contribution in [2.75, 3.05) is 13.1 Å². The van der Waals surface area contributed by atoms with E-state index in [2.05, 4.69) is 0 Å². The zero-order valence-electron chi connectivity index (χ0n) is 11.6. The highest BCUT2D eigenvalue weighted by Gasteiger charge is 2.29. The Kier molecular flexibility index (Phi) is 5.68. The highest BCUT2D eigenvalue weighted by atomic mass is 35.5. The molecule has 1 fully saturated rings. The third kappa shape index (κ3) is 3.70. The van der Waals surface area contributed by atoms with E-state index in [-0.39, 0.29) is 29.0 Å². The topological polar surface area (TPSA) is 107 Å². The van der Waals surface area contributed by atoms with E-state index in [0.29, 0.717) is 31.5 Å². The van der Waals surface area contributed by atoms with Crippen LogP contribution in [0.15, 0.2) is 23.1 Å². The second-order valence-corrected chi connectivity index (χ2v) is 6.85. The molecular weight excluding hydrogens is 318 g/mol. The average molecular weight is 336 g/mol. The maximum atomic E-state index is 12.5. The highest BCUT2D eigenvalue weighted by Crippen LogP contribution is 2.25. The number of hydrogen-bond donors (Lipinski definition) is 1.